The van der Waals surface area contributed by atoms with Gasteiger partial charge in [-0.15, -0.1) is 0 Å². The van der Waals surface area contributed by atoms with Gasteiger partial charge in [0, 0.05) is 24.8 Å². The highest BCUT2D eigenvalue weighted by molar-refractivity contribution is 7.88. The van der Waals surface area contributed by atoms with Gasteiger partial charge in [0.1, 0.15) is 5.69 Å². The highest BCUT2D eigenvalue weighted by atomic mass is 32.2. The average Bonchev–Trinajstić information content (AvgIpc) is 2.97. The molecule has 0 unspecified atom stereocenters. The number of hydrogen-bond acceptors (Lipinski definition) is 4. The molecule has 3 heterocycles. The van der Waals surface area contributed by atoms with Gasteiger partial charge in [-0.1, -0.05) is 6.07 Å². The second-order valence-corrected chi connectivity index (χ2v) is 7.68. The number of sulfonamides is 1. The van der Waals surface area contributed by atoms with Crippen molar-refractivity contribution >= 4 is 15.9 Å². The zero-order chi connectivity index (χ0) is 15.2. The first-order chi connectivity index (χ1) is 9.88. The minimum Gasteiger partial charge on any atom is -0.333 e. The first kappa shape index (κ1) is 14.5. The van der Waals surface area contributed by atoms with Crippen molar-refractivity contribution in [1.29, 1.82) is 0 Å². The Kier molecular flexibility index (Phi) is 3.49. The fourth-order valence-corrected chi connectivity index (χ4v) is 4.59. The summed E-state index contributed by atoms with van der Waals surface area (Å²) in [6.07, 6.45) is 2.65. The van der Waals surface area contributed by atoms with Crippen LogP contribution in [0.4, 0.5) is 0 Å². The van der Waals surface area contributed by atoms with E-state index in [2.05, 4.69) is 4.98 Å². The van der Waals surface area contributed by atoms with E-state index in [-0.39, 0.29) is 18.0 Å². The molecule has 2 aliphatic rings. The molecule has 1 aromatic rings. The van der Waals surface area contributed by atoms with E-state index in [9.17, 15) is 13.2 Å². The lowest BCUT2D eigenvalue weighted by Crippen LogP contribution is -2.41. The molecule has 6 nitrogen and oxygen atoms in total. The number of amides is 1. The second kappa shape index (κ2) is 5.06. The minimum atomic E-state index is -3.20. The second-order valence-electron chi connectivity index (χ2n) is 5.75. The molecular formula is C14H19N3O3S. The van der Waals surface area contributed by atoms with Crippen LogP contribution in [0.1, 0.15) is 29.0 Å². The van der Waals surface area contributed by atoms with Crippen LogP contribution in [-0.4, -0.2) is 59.9 Å². The molecule has 0 aliphatic carbocycles. The molecule has 0 aromatic carbocycles. The summed E-state index contributed by atoms with van der Waals surface area (Å²) < 4.78 is 25.1. The predicted molar refractivity (Wildman–Crippen MR) is 78.4 cm³/mol. The number of nitrogens with zero attached hydrogens (tertiary/aromatic N) is 3. The van der Waals surface area contributed by atoms with Gasteiger partial charge in [-0.2, -0.15) is 4.31 Å². The maximum atomic E-state index is 12.6. The summed E-state index contributed by atoms with van der Waals surface area (Å²) in [5.74, 6) is -0.0958. The van der Waals surface area contributed by atoms with Crippen LogP contribution in [0.25, 0.3) is 0 Å². The molecule has 1 aromatic heterocycles. The maximum absolute atomic E-state index is 12.6. The van der Waals surface area contributed by atoms with Crippen LogP contribution < -0.4 is 0 Å². The van der Waals surface area contributed by atoms with Gasteiger partial charge in [0.15, 0.2) is 0 Å². The number of likely N-dealkylation sites (tertiary alicyclic amines) is 1. The monoisotopic (exact) mass is 309 g/mol. The van der Waals surface area contributed by atoms with E-state index in [0.717, 1.165) is 5.69 Å². The summed E-state index contributed by atoms with van der Waals surface area (Å²) in [7, 11) is -3.20. The van der Waals surface area contributed by atoms with Crippen molar-refractivity contribution in [1.82, 2.24) is 14.2 Å². The first-order valence-electron chi connectivity index (χ1n) is 7.09. The van der Waals surface area contributed by atoms with E-state index in [1.807, 2.05) is 19.1 Å². The Labute approximate surface area is 124 Å². The largest absolute Gasteiger partial charge is 0.333 e. The Hall–Kier alpha value is -1.47. The Morgan fingerprint density at radius 3 is 2.62 bits per heavy atom. The molecule has 0 spiro atoms. The van der Waals surface area contributed by atoms with E-state index < -0.39 is 10.0 Å². The molecule has 2 atom stereocenters. The van der Waals surface area contributed by atoms with Crippen LogP contribution in [0, 0.1) is 6.92 Å². The third-order valence-corrected chi connectivity index (χ3v) is 5.63. The fraction of sp³-hybridized carbons (Fsp3) is 0.571. The zero-order valence-electron chi connectivity index (χ0n) is 12.2. The molecule has 2 fully saturated rings. The van der Waals surface area contributed by atoms with Gasteiger partial charge in [0.2, 0.25) is 10.0 Å². The number of carbonyl (C=O) groups is 1. The van der Waals surface area contributed by atoms with Gasteiger partial charge in [-0.05, 0) is 31.9 Å². The normalized spacial score (nSPS) is 26.1. The van der Waals surface area contributed by atoms with Gasteiger partial charge in [0.05, 0.1) is 12.3 Å². The van der Waals surface area contributed by atoms with Crippen LogP contribution in [0.15, 0.2) is 18.2 Å². The van der Waals surface area contributed by atoms with Gasteiger partial charge in [0.25, 0.3) is 5.91 Å². The van der Waals surface area contributed by atoms with Crippen LogP contribution in [0.3, 0.4) is 0 Å². The van der Waals surface area contributed by atoms with Crippen molar-refractivity contribution in [3.63, 3.8) is 0 Å². The summed E-state index contributed by atoms with van der Waals surface area (Å²) >= 11 is 0. The van der Waals surface area contributed by atoms with E-state index >= 15 is 0 Å². The lowest BCUT2D eigenvalue weighted by molar-refractivity contribution is 0.0729. The van der Waals surface area contributed by atoms with Crippen molar-refractivity contribution < 1.29 is 13.2 Å². The highest BCUT2D eigenvalue weighted by Crippen LogP contribution is 2.33. The molecule has 1 amide bonds. The Morgan fingerprint density at radius 2 is 1.95 bits per heavy atom. The lowest BCUT2D eigenvalue weighted by Gasteiger charge is -2.24. The van der Waals surface area contributed by atoms with Crippen LogP contribution in [0.5, 0.6) is 0 Å². The van der Waals surface area contributed by atoms with Gasteiger partial charge >= 0.3 is 0 Å². The number of carbonyl (C=O) groups excluding carboxylic acids is 1. The summed E-state index contributed by atoms with van der Waals surface area (Å²) in [5, 5.41) is 0. The minimum absolute atomic E-state index is 0.0189. The quantitative estimate of drug-likeness (QED) is 0.804. The van der Waals surface area contributed by atoms with Crippen LogP contribution in [0.2, 0.25) is 0 Å². The number of rotatable bonds is 2. The van der Waals surface area contributed by atoms with Crippen LogP contribution in [-0.2, 0) is 10.0 Å². The molecule has 0 N–H and O–H groups in total. The summed E-state index contributed by atoms with van der Waals surface area (Å²) in [4.78, 5) is 18.7. The van der Waals surface area contributed by atoms with E-state index in [1.165, 1.54) is 10.6 Å². The molecule has 3 rings (SSSR count). The third-order valence-electron chi connectivity index (χ3n) is 4.32. The Balaban J connectivity index is 1.82. The topological polar surface area (TPSA) is 70.6 Å². The standard InChI is InChI=1S/C14H19N3O3S/c1-10-4-3-5-11(15-10)14(18)16-8-6-13-12(16)7-9-17(13)21(2,19)20/h3-5,12-13H,6-9H2,1-2H3/t12-,13+/m1/s1. The Bertz CT molecular complexity index is 674. The van der Waals surface area contributed by atoms with Gasteiger partial charge in [-0.25, -0.2) is 13.4 Å². The maximum Gasteiger partial charge on any atom is 0.272 e. The van der Waals surface area contributed by atoms with E-state index in [1.54, 1.807) is 11.0 Å². The average molecular weight is 309 g/mol. The molecule has 0 saturated carbocycles. The number of fused-ring (bicyclic) bond motifs is 1. The fourth-order valence-electron chi connectivity index (χ4n) is 3.42. The molecule has 7 heteroatoms. The van der Waals surface area contributed by atoms with Crippen molar-refractivity contribution in [3.05, 3.63) is 29.6 Å². The predicted octanol–water partition coefficient (Wildman–Crippen LogP) is 0.638. The molecule has 0 bridgehead atoms. The van der Waals surface area contributed by atoms with Crippen molar-refractivity contribution in [3.8, 4) is 0 Å². The number of hydrogen-bond donors (Lipinski definition) is 0. The molecule has 21 heavy (non-hydrogen) atoms. The highest BCUT2D eigenvalue weighted by Gasteiger charge is 2.47. The molecule has 114 valence electrons. The van der Waals surface area contributed by atoms with Crippen molar-refractivity contribution in [2.75, 3.05) is 19.3 Å². The summed E-state index contributed by atoms with van der Waals surface area (Å²) in [6, 6.07) is 5.29. The van der Waals surface area contributed by atoms with E-state index in [4.69, 9.17) is 0 Å². The SMILES string of the molecule is Cc1cccc(C(=O)N2CC[C@H]3[C@H]2CCN3S(C)(=O)=O)n1. The molecule has 0 radical (unpaired) electrons. The zero-order valence-corrected chi connectivity index (χ0v) is 13.0. The number of pyridine rings is 1. The van der Waals surface area contributed by atoms with E-state index in [0.29, 0.717) is 31.6 Å². The van der Waals surface area contributed by atoms with Gasteiger partial charge in [-0.3, -0.25) is 4.79 Å². The number of aryl methyl sites for hydroxylation is 1. The summed E-state index contributed by atoms with van der Waals surface area (Å²) in [5.41, 5.74) is 1.24. The van der Waals surface area contributed by atoms with Gasteiger partial charge < -0.3 is 4.90 Å². The first-order valence-corrected chi connectivity index (χ1v) is 8.94. The third kappa shape index (κ3) is 2.55. The molecule has 2 saturated heterocycles. The molecular weight excluding hydrogens is 290 g/mol. The Morgan fingerprint density at radius 1 is 1.24 bits per heavy atom. The van der Waals surface area contributed by atoms with Crippen molar-refractivity contribution in [2.45, 2.75) is 31.8 Å². The van der Waals surface area contributed by atoms with Crippen molar-refractivity contribution in [2.24, 2.45) is 0 Å². The molecule has 2 aliphatic heterocycles. The summed E-state index contributed by atoms with van der Waals surface area (Å²) in [6.45, 7) is 2.94. The number of aromatic nitrogens is 1. The lowest BCUT2D eigenvalue weighted by atomic mass is 10.1. The van der Waals surface area contributed by atoms with Crippen LogP contribution >= 0.6 is 0 Å². The smallest absolute Gasteiger partial charge is 0.272 e.